The summed E-state index contributed by atoms with van der Waals surface area (Å²) in [5.74, 6) is 0.724. The zero-order chi connectivity index (χ0) is 15.9. The second-order valence-corrected chi connectivity index (χ2v) is 6.15. The maximum Gasteiger partial charge on any atom is 0.130 e. The van der Waals surface area contributed by atoms with Crippen molar-refractivity contribution in [2.24, 2.45) is 0 Å². The first kappa shape index (κ1) is 16.3. The third kappa shape index (κ3) is 4.46. The number of benzene rings is 2. The highest BCUT2D eigenvalue weighted by atomic mass is 79.9. The van der Waals surface area contributed by atoms with Gasteiger partial charge in [-0.2, -0.15) is 10.5 Å². The Morgan fingerprint density at radius 1 is 1.05 bits per heavy atom. The molecule has 0 aliphatic carbocycles. The minimum Gasteiger partial charge on any atom is -0.489 e. The lowest BCUT2D eigenvalue weighted by Crippen LogP contribution is -1.96. The van der Waals surface area contributed by atoms with E-state index in [4.69, 9.17) is 15.3 Å². The lowest BCUT2D eigenvalue weighted by atomic mass is 10.1. The molecule has 0 fully saturated rings. The van der Waals surface area contributed by atoms with Crippen LogP contribution in [0, 0.1) is 22.7 Å². The number of allylic oxidation sites excluding steroid dienone is 1. The van der Waals surface area contributed by atoms with E-state index < -0.39 is 0 Å². The molecule has 0 radical (unpaired) electrons. The summed E-state index contributed by atoms with van der Waals surface area (Å²) in [5.41, 5.74) is 1.91. The van der Waals surface area contributed by atoms with E-state index in [2.05, 4.69) is 31.9 Å². The third-order valence-corrected chi connectivity index (χ3v) is 4.07. The van der Waals surface area contributed by atoms with E-state index in [-0.39, 0.29) is 5.57 Å². The summed E-state index contributed by atoms with van der Waals surface area (Å²) < 4.78 is 7.71. The minimum atomic E-state index is 0.0764. The van der Waals surface area contributed by atoms with Gasteiger partial charge in [0, 0.05) is 14.5 Å². The number of hydrogen-bond acceptors (Lipinski definition) is 3. The van der Waals surface area contributed by atoms with Crippen LogP contribution in [0.25, 0.3) is 6.08 Å². The van der Waals surface area contributed by atoms with Gasteiger partial charge in [-0.15, -0.1) is 0 Å². The molecule has 0 amide bonds. The molecule has 0 saturated carbocycles. The molecule has 0 unspecified atom stereocenters. The van der Waals surface area contributed by atoms with Crippen molar-refractivity contribution < 1.29 is 4.74 Å². The van der Waals surface area contributed by atoms with Crippen LogP contribution in [-0.4, -0.2) is 0 Å². The first-order valence-electron chi connectivity index (χ1n) is 6.31. The molecule has 22 heavy (non-hydrogen) atoms. The van der Waals surface area contributed by atoms with Crippen molar-refractivity contribution in [3.05, 3.63) is 68.1 Å². The summed E-state index contributed by atoms with van der Waals surface area (Å²) in [4.78, 5) is 0. The maximum atomic E-state index is 8.72. The summed E-state index contributed by atoms with van der Waals surface area (Å²) in [7, 11) is 0. The largest absolute Gasteiger partial charge is 0.489 e. The van der Waals surface area contributed by atoms with Gasteiger partial charge in [0.2, 0.25) is 0 Å². The third-order valence-electron chi connectivity index (χ3n) is 2.84. The molecule has 108 valence electrons. The zero-order valence-electron chi connectivity index (χ0n) is 11.4. The summed E-state index contributed by atoms with van der Waals surface area (Å²) in [5, 5.41) is 17.4. The van der Waals surface area contributed by atoms with E-state index in [1.807, 2.05) is 42.5 Å². The minimum absolute atomic E-state index is 0.0764. The van der Waals surface area contributed by atoms with E-state index in [1.54, 1.807) is 12.1 Å². The Labute approximate surface area is 145 Å². The summed E-state index contributed by atoms with van der Waals surface area (Å²) in [6, 6.07) is 16.8. The van der Waals surface area contributed by atoms with Crippen LogP contribution in [0.3, 0.4) is 0 Å². The van der Waals surface area contributed by atoms with Gasteiger partial charge in [-0.05, 0) is 35.9 Å². The molecule has 0 aliphatic heterocycles. The summed E-state index contributed by atoms with van der Waals surface area (Å²) in [6.45, 7) is 0.449. The Hall–Kier alpha value is -2.08. The van der Waals surface area contributed by atoms with Crippen molar-refractivity contribution in [2.75, 3.05) is 0 Å². The Balaban J connectivity index is 2.05. The first-order valence-corrected chi connectivity index (χ1v) is 7.89. The fraction of sp³-hybridized carbons (Fsp3) is 0.0588. The predicted molar refractivity (Wildman–Crippen MR) is 91.8 cm³/mol. The van der Waals surface area contributed by atoms with Gasteiger partial charge in [-0.1, -0.05) is 50.1 Å². The molecular formula is C17H10Br2N2O. The van der Waals surface area contributed by atoms with Crippen LogP contribution < -0.4 is 4.74 Å². The molecule has 0 aromatic heterocycles. The fourth-order valence-corrected chi connectivity index (χ4v) is 2.88. The van der Waals surface area contributed by atoms with Gasteiger partial charge >= 0.3 is 0 Å². The van der Waals surface area contributed by atoms with Crippen molar-refractivity contribution in [2.45, 2.75) is 6.61 Å². The van der Waals surface area contributed by atoms with Crippen molar-refractivity contribution in [1.29, 1.82) is 10.5 Å². The van der Waals surface area contributed by atoms with E-state index in [1.165, 1.54) is 6.08 Å². The number of halogens is 2. The van der Waals surface area contributed by atoms with Crippen molar-refractivity contribution in [1.82, 2.24) is 0 Å². The van der Waals surface area contributed by atoms with Crippen LogP contribution in [0.5, 0.6) is 5.75 Å². The van der Waals surface area contributed by atoms with E-state index in [9.17, 15) is 0 Å². The summed E-state index contributed by atoms with van der Waals surface area (Å²) >= 11 is 6.91. The molecule has 3 nitrogen and oxygen atoms in total. The lowest BCUT2D eigenvalue weighted by Gasteiger charge is -2.08. The molecule has 0 aliphatic rings. The molecule has 0 heterocycles. The zero-order valence-corrected chi connectivity index (χ0v) is 14.6. The number of nitriles is 2. The van der Waals surface area contributed by atoms with Gasteiger partial charge in [0.25, 0.3) is 0 Å². The van der Waals surface area contributed by atoms with Gasteiger partial charge < -0.3 is 4.74 Å². The molecule has 5 heteroatoms. The van der Waals surface area contributed by atoms with Gasteiger partial charge in [0.1, 0.15) is 30.1 Å². The summed E-state index contributed by atoms with van der Waals surface area (Å²) in [6.07, 6.45) is 1.54. The highest BCUT2D eigenvalue weighted by Crippen LogP contribution is 2.23. The van der Waals surface area contributed by atoms with E-state index in [0.29, 0.717) is 6.61 Å². The van der Waals surface area contributed by atoms with E-state index >= 15 is 0 Å². The van der Waals surface area contributed by atoms with Crippen LogP contribution in [0.15, 0.2) is 57.0 Å². The molecule has 0 atom stereocenters. The molecule has 2 aromatic carbocycles. The highest BCUT2D eigenvalue weighted by molar-refractivity contribution is 9.11. The molecule has 0 bridgehead atoms. The second kappa shape index (κ2) is 7.79. The standard InChI is InChI=1S/C17H10Br2N2O/c18-15-4-3-14(17(19)8-15)11-22-16-5-1-12(2-6-16)7-13(9-20)10-21/h1-8H,11H2. The number of hydrogen-bond donors (Lipinski definition) is 0. The number of nitrogens with zero attached hydrogens (tertiary/aromatic N) is 2. The van der Waals surface area contributed by atoms with Gasteiger partial charge in [-0.3, -0.25) is 0 Å². The van der Waals surface area contributed by atoms with Crippen molar-refractivity contribution in [3.63, 3.8) is 0 Å². The molecule has 0 N–H and O–H groups in total. The number of ether oxygens (including phenoxy) is 1. The molecular weight excluding hydrogens is 408 g/mol. The molecule has 0 saturated heterocycles. The van der Waals surface area contributed by atoms with Crippen LogP contribution in [-0.2, 0) is 6.61 Å². The maximum absolute atomic E-state index is 8.72. The lowest BCUT2D eigenvalue weighted by molar-refractivity contribution is 0.305. The van der Waals surface area contributed by atoms with E-state index in [0.717, 1.165) is 25.8 Å². The normalized spacial score (nSPS) is 9.45. The molecule has 0 spiro atoms. The Bertz CT molecular complexity index is 768. The van der Waals surface area contributed by atoms with Gasteiger partial charge in [-0.25, -0.2) is 0 Å². The smallest absolute Gasteiger partial charge is 0.130 e. The van der Waals surface area contributed by atoms with Crippen LogP contribution in [0.1, 0.15) is 11.1 Å². The SMILES string of the molecule is N#CC(C#N)=Cc1ccc(OCc2ccc(Br)cc2Br)cc1. The van der Waals surface area contributed by atoms with Gasteiger partial charge in [0.05, 0.1) is 0 Å². The van der Waals surface area contributed by atoms with Crippen LogP contribution >= 0.6 is 31.9 Å². The van der Waals surface area contributed by atoms with Crippen LogP contribution in [0.4, 0.5) is 0 Å². The quantitative estimate of drug-likeness (QED) is 0.640. The van der Waals surface area contributed by atoms with Crippen LogP contribution in [0.2, 0.25) is 0 Å². The topological polar surface area (TPSA) is 56.8 Å². The molecule has 2 rings (SSSR count). The monoisotopic (exact) mass is 416 g/mol. The first-order chi connectivity index (χ1) is 10.6. The predicted octanol–water partition coefficient (Wildman–Crippen LogP) is 5.22. The van der Waals surface area contributed by atoms with Crippen molar-refractivity contribution >= 4 is 37.9 Å². The fourth-order valence-electron chi connectivity index (χ4n) is 1.72. The highest BCUT2D eigenvalue weighted by Gasteiger charge is 2.02. The molecule has 2 aromatic rings. The Kier molecular flexibility index (Phi) is 5.77. The Morgan fingerprint density at radius 2 is 1.73 bits per heavy atom. The average molecular weight is 418 g/mol. The second-order valence-electron chi connectivity index (χ2n) is 4.38. The van der Waals surface area contributed by atoms with Gasteiger partial charge in [0.15, 0.2) is 0 Å². The Morgan fingerprint density at radius 3 is 2.32 bits per heavy atom. The van der Waals surface area contributed by atoms with Crippen molar-refractivity contribution in [3.8, 4) is 17.9 Å². The number of rotatable bonds is 4. The average Bonchev–Trinajstić information content (AvgIpc) is 2.53.